The second-order valence-electron chi connectivity index (χ2n) is 3.49. The molecule has 1 aromatic rings. The van der Waals surface area contributed by atoms with Gasteiger partial charge in [-0.3, -0.25) is 0 Å². The van der Waals surface area contributed by atoms with E-state index in [0.717, 1.165) is 18.5 Å². The van der Waals surface area contributed by atoms with Crippen LogP contribution >= 0.6 is 0 Å². The third kappa shape index (κ3) is 1.06. The molecule has 0 radical (unpaired) electrons. The highest BCUT2D eigenvalue weighted by molar-refractivity contribution is 5.18. The molecule has 1 fully saturated rings. The van der Waals surface area contributed by atoms with Gasteiger partial charge in [0.2, 0.25) is 0 Å². The highest BCUT2D eigenvalue weighted by Crippen LogP contribution is 2.44. The van der Waals surface area contributed by atoms with Gasteiger partial charge in [0, 0.05) is 18.4 Å². The number of aromatic amines is 1. The van der Waals surface area contributed by atoms with E-state index >= 15 is 0 Å². The molecule has 12 heavy (non-hydrogen) atoms. The van der Waals surface area contributed by atoms with Crippen molar-refractivity contribution in [3.8, 4) is 0 Å². The summed E-state index contributed by atoms with van der Waals surface area (Å²) in [6.45, 7) is 0.304. The zero-order valence-corrected chi connectivity index (χ0v) is 6.96. The lowest BCUT2D eigenvalue weighted by atomic mass is 9.94. The van der Waals surface area contributed by atoms with E-state index in [2.05, 4.69) is 4.98 Å². The van der Waals surface area contributed by atoms with Gasteiger partial charge in [-0.1, -0.05) is 0 Å². The van der Waals surface area contributed by atoms with Crippen LogP contribution in [0, 0.1) is 5.92 Å². The van der Waals surface area contributed by atoms with Crippen molar-refractivity contribution < 1.29 is 5.11 Å². The van der Waals surface area contributed by atoms with Gasteiger partial charge in [-0.25, -0.2) is 0 Å². The Labute approximate surface area is 71.6 Å². The molecule has 1 unspecified atom stereocenters. The van der Waals surface area contributed by atoms with Crippen molar-refractivity contribution >= 4 is 0 Å². The summed E-state index contributed by atoms with van der Waals surface area (Å²) in [7, 11) is 0. The van der Waals surface area contributed by atoms with Crippen LogP contribution in [0.3, 0.4) is 0 Å². The highest BCUT2D eigenvalue weighted by Gasteiger charge is 2.44. The molecule has 0 bridgehead atoms. The van der Waals surface area contributed by atoms with Crippen LogP contribution in [-0.4, -0.2) is 16.6 Å². The van der Waals surface area contributed by atoms with Crippen molar-refractivity contribution in [2.75, 3.05) is 6.54 Å². The largest absolute Gasteiger partial charge is 0.382 e. The molecule has 66 valence electrons. The Bertz CT molecular complexity index is 254. The third-order valence-electron chi connectivity index (χ3n) is 2.63. The molecular weight excluding hydrogens is 152 g/mol. The summed E-state index contributed by atoms with van der Waals surface area (Å²) >= 11 is 0. The minimum atomic E-state index is -0.802. The van der Waals surface area contributed by atoms with Gasteiger partial charge in [0.05, 0.1) is 0 Å². The first-order valence-electron chi connectivity index (χ1n) is 4.33. The van der Waals surface area contributed by atoms with E-state index in [9.17, 15) is 5.11 Å². The quantitative estimate of drug-likeness (QED) is 0.614. The van der Waals surface area contributed by atoms with E-state index in [0.29, 0.717) is 12.5 Å². The summed E-state index contributed by atoms with van der Waals surface area (Å²) in [5.41, 5.74) is 5.62. The zero-order valence-electron chi connectivity index (χ0n) is 6.96. The molecule has 0 spiro atoms. The first-order chi connectivity index (χ1) is 5.77. The van der Waals surface area contributed by atoms with E-state index in [-0.39, 0.29) is 0 Å². The summed E-state index contributed by atoms with van der Waals surface area (Å²) in [6.07, 6.45) is 4.00. The molecule has 0 aromatic carbocycles. The van der Waals surface area contributed by atoms with Gasteiger partial charge in [-0.05, 0) is 30.9 Å². The minimum Gasteiger partial charge on any atom is -0.382 e. The lowest BCUT2D eigenvalue weighted by Crippen LogP contribution is -2.37. The summed E-state index contributed by atoms with van der Waals surface area (Å²) in [6, 6.07) is 3.78. The fraction of sp³-hybridized carbons (Fsp3) is 0.556. The number of hydrogen-bond acceptors (Lipinski definition) is 2. The minimum absolute atomic E-state index is 0.304. The number of aromatic nitrogens is 1. The van der Waals surface area contributed by atoms with Crippen LogP contribution in [0.1, 0.15) is 18.5 Å². The fourth-order valence-corrected chi connectivity index (χ4v) is 1.66. The summed E-state index contributed by atoms with van der Waals surface area (Å²) in [5, 5.41) is 10.2. The number of rotatable bonds is 3. The molecule has 0 saturated heterocycles. The van der Waals surface area contributed by atoms with Crippen molar-refractivity contribution in [1.29, 1.82) is 0 Å². The van der Waals surface area contributed by atoms with Crippen LogP contribution in [-0.2, 0) is 5.60 Å². The molecule has 3 heteroatoms. The molecule has 1 saturated carbocycles. The number of hydrogen-bond donors (Lipinski definition) is 3. The van der Waals surface area contributed by atoms with E-state index < -0.39 is 5.60 Å². The monoisotopic (exact) mass is 166 g/mol. The van der Waals surface area contributed by atoms with Gasteiger partial charge in [0.15, 0.2) is 0 Å². The Morgan fingerprint density at radius 2 is 2.42 bits per heavy atom. The Morgan fingerprint density at radius 1 is 1.67 bits per heavy atom. The summed E-state index contributed by atoms with van der Waals surface area (Å²) in [4.78, 5) is 3.02. The molecule has 1 heterocycles. The lowest BCUT2D eigenvalue weighted by Gasteiger charge is -2.25. The first kappa shape index (κ1) is 7.83. The Balaban J connectivity index is 2.27. The molecule has 1 aliphatic rings. The Kier molecular flexibility index (Phi) is 1.70. The number of nitrogens with one attached hydrogen (secondary N) is 1. The van der Waals surface area contributed by atoms with E-state index in [1.165, 1.54) is 0 Å². The molecule has 3 nitrogen and oxygen atoms in total. The summed E-state index contributed by atoms with van der Waals surface area (Å²) < 4.78 is 0. The maximum Gasteiger partial charge on any atom is 0.119 e. The Hall–Kier alpha value is -0.800. The van der Waals surface area contributed by atoms with Crippen LogP contribution in [0.15, 0.2) is 18.3 Å². The Morgan fingerprint density at radius 3 is 2.83 bits per heavy atom. The van der Waals surface area contributed by atoms with Crippen LogP contribution in [0.25, 0.3) is 0 Å². The maximum atomic E-state index is 10.2. The molecule has 0 amide bonds. The molecule has 1 aliphatic carbocycles. The standard InChI is InChI=1S/C9H14N2O/c10-6-9(12,7-3-4-7)8-2-1-5-11-8/h1-2,5,7,11-12H,3-4,6,10H2. The van der Waals surface area contributed by atoms with Gasteiger partial charge < -0.3 is 15.8 Å². The van der Waals surface area contributed by atoms with Gasteiger partial charge in [-0.2, -0.15) is 0 Å². The second-order valence-corrected chi connectivity index (χ2v) is 3.49. The average molecular weight is 166 g/mol. The predicted octanol–water partition coefficient (Wildman–Crippen LogP) is 0.571. The third-order valence-corrected chi connectivity index (χ3v) is 2.63. The van der Waals surface area contributed by atoms with E-state index in [4.69, 9.17) is 5.73 Å². The van der Waals surface area contributed by atoms with Crippen LogP contribution < -0.4 is 5.73 Å². The number of nitrogens with two attached hydrogens (primary N) is 1. The SMILES string of the molecule is NCC(O)(c1ccc[nH]1)C1CC1. The molecule has 4 N–H and O–H groups in total. The molecule has 0 aliphatic heterocycles. The molecule has 1 atom stereocenters. The van der Waals surface area contributed by atoms with Gasteiger partial charge in [0.1, 0.15) is 5.60 Å². The summed E-state index contributed by atoms with van der Waals surface area (Å²) in [5.74, 6) is 0.362. The highest BCUT2D eigenvalue weighted by atomic mass is 16.3. The average Bonchev–Trinajstić information content (AvgIpc) is 2.80. The van der Waals surface area contributed by atoms with E-state index in [1.54, 1.807) is 0 Å². The first-order valence-corrected chi connectivity index (χ1v) is 4.33. The van der Waals surface area contributed by atoms with Crippen molar-refractivity contribution in [2.45, 2.75) is 18.4 Å². The number of H-pyrrole nitrogens is 1. The lowest BCUT2D eigenvalue weighted by molar-refractivity contribution is 0.0184. The maximum absolute atomic E-state index is 10.2. The molecule has 2 rings (SSSR count). The van der Waals surface area contributed by atoms with Crippen molar-refractivity contribution in [3.63, 3.8) is 0 Å². The van der Waals surface area contributed by atoms with Gasteiger partial charge in [-0.15, -0.1) is 0 Å². The van der Waals surface area contributed by atoms with Crippen molar-refractivity contribution in [1.82, 2.24) is 4.98 Å². The second kappa shape index (κ2) is 2.61. The topological polar surface area (TPSA) is 62.0 Å². The predicted molar refractivity (Wildman–Crippen MR) is 46.5 cm³/mol. The van der Waals surface area contributed by atoms with Gasteiger partial charge in [0.25, 0.3) is 0 Å². The van der Waals surface area contributed by atoms with Crippen LogP contribution in [0.2, 0.25) is 0 Å². The zero-order chi connectivity index (χ0) is 8.60. The van der Waals surface area contributed by atoms with Crippen molar-refractivity contribution in [2.24, 2.45) is 11.7 Å². The fourth-order valence-electron chi connectivity index (χ4n) is 1.66. The van der Waals surface area contributed by atoms with Gasteiger partial charge >= 0.3 is 0 Å². The van der Waals surface area contributed by atoms with Crippen molar-refractivity contribution in [3.05, 3.63) is 24.0 Å². The normalized spacial score (nSPS) is 22.2. The van der Waals surface area contributed by atoms with E-state index in [1.807, 2.05) is 18.3 Å². The molecule has 1 aromatic heterocycles. The molecular formula is C9H14N2O. The van der Waals surface area contributed by atoms with Crippen LogP contribution in [0.4, 0.5) is 0 Å². The smallest absolute Gasteiger partial charge is 0.119 e. The number of aliphatic hydroxyl groups is 1. The van der Waals surface area contributed by atoms with Crippen LogP contribution in [0.5, 0.6) is 0 Å².